The highest BCUT2D eigenvalue weighted by atomic mass is 35.5. The number of hydrogen-bond acceptors (Lipinski definition) is 2. The zero-order chi connectivity index (χ0) is 14.5. The van der Waals surface area contributed by atoms with Gasteiger partial charge in [0.1, 0.15) is 5.75 Å². The van der Waals surface area contributed by atoms with E-state index in [1.54, 1.807) is 7.11 Å². The summed E-state index contributed by atoms with van der Waals surface area (Å²) in [5, 5.41) is 4.15. The molecule has 0 bridgehead atoms. The normalized spacial score (nSPS) is 12.2. The van der Waals surface area contributed by atoms with Crippen LogP contribution in [0.15, 0.2) is 42.5 Å². The topological polar surface area (TPSA) is 21.3 Å². The fraction of sp³-hybridized carbons (Fsp3) is 0.294. The molecule has 0 spiro atoms. The van der Waals surface area contributed by atoms with E-state index in [0.717, 1.165) is 12.1 Å². The maximum Gasteiger partial charge on any atom is 0.137 e. The summed E-state index contributed by atoms with van der Waals surface area (Å²) in [6, 6.07) is 14.6. The minimum absolute atomic E-state index is 0.145. The third kappa shape index (κ3) is 3.33. The molecule has 1 atom stereocenters. The molecule has 106 valence electrons. The van der Waals surface area contributed by atoms with Crippen LogP contribution in [-0.4, -0.2) is 13.7 Å². The van der Waals surface area contributed by atoms with E-state index >= 15 is 0 Å². The molecule has 0 aliphatic rings. The van der Waals surface area contributed by atoms with Gasteiger partial charge in [0.05, 0.1) is 18.2 Å². The summed E-state index contributed by atoms with van der Waals surface area (Å²) in [6.45, 7) is 5.11. The van der Waals surface area contributed by atoms with Crippen LogP contribution in [0.3, 0.4) is 0 Å². The number of rotatable bonds is 5. The third-order valence-corrected chi connectivity index (χ3v) is 3.60. The minimum atomic E-state index is 0.145. The Kier molecular flexibility index (Phi) is 5.05. The van der Waals surface area contributed by atoms with Gasteiger partial charge in [-0.15, -0.1) is 0 Å². The monoisotopic (exact) mass is 289 g/mol. The third-order valence-electron chi connectivity index (χ3n) is 3.29. The molecule has 2 aromatic carbocycles. The van der Waals surface area contributed by atoms with Crippen molar-refractivity contribution < 1.29 is 4.74 Å². The van der Waals surface area contributed by atoms with Gasteiger partial charge >= 0.3 is 0 Å². The second-order valence-corrected chi connectivity index (χ2v) is 5.21. The number of methoxy groups -OCH3 is 1. The predicted molar refractivity (Wildman–Crippen MR) is 84.7 cm³/mol. The predicted octanol–water partition coefficient (Wildman–Crippen LogP) is 4.36. The summed E-state index contributed by atoms with van der Waals surface area (Å²) in [6.07, 6.45) is 0. The molecule has 2 rings (SSSR count). The van der Waals surface area contributed by atoms with Crippen LogP contribution in [0, 0.1) is 6.92 Å². The highest BCUT2D eigenvalue weighted by Gasteiger charge is 2.14. The van der Waals surface area contributed by atoms with Gasteiger partial charge in [0.15, 0.2) is 0 Å². The summed E-state index contributed by atoms with van der Waals surface area (Å²) in [5.74, 6) is 0.708. The zero-order valence-electron chi connectivity index (χ0n) is 12.1. The molecule has 0 aliphatic heterocycles. The van der Waals surface area contributed by atoms with Gasteiger partial charge in [-0.3, -0.25) is 0 Å². The zero-order valence-corrected chi connectivity index (χ0v) is 12.9. The van der Waals surface area contributed by atoms with E-state index in [2.05, 4.69) is 43.4 Å². The van der Waals surface area contributed by atoms with Crippen LogP contribution in [0.1, 0.15) is 29.7 Å². The van der Waals surface area contributed by atoms with Gasteiger partial charge in [0.25, 0.3) is 0 Å². The van der Waals surface area contributed by atoms with Crippen molar-refractivity contribution in [2.45, 2.75) is 19.9 Å². The molecule has 0 heterocycles. The molecular formula is C17H20ClNO. The second kappa shape index (κ2) is 6.78. The van der Waals surface area contributed by atoms with Gasteiger partial charge in [-0.25, -0.2) is 0 Å². The van der Waals surface area contributed by atoms with Crippen molar-refractivity contribution in [1.29, 1.82) is 0 Å². The van der Waals surface area contributed by atoms with Gasteiger partial charge in [-0.1, -0.05) is 54.4 Å². The minimum Gasteiger partial charge on any atom is -0.495 e. The van der Waals surface area contributed by atoms with Crippen molar-refractivity contribution in [3.8, 4) is 5.75 Å². The van der Waals surface area contributed by atoms with Crippen LogP contribution >= 0.6 is 11.6 Å². The summed E-state index contributed by atoms with van der Waals surface area (Å²) in [5.41, 5.74) is 3.65. The van der Waals surface area contributed by atoms with Crippen LogP contribution in [0.5, 0.6) is 5.75 Å². The van der Waals surface area contributed by atoms with E-state index < -0.39 is 0 Å². The van der Waals surface area contributed by atoms with Gasteiger partial charge in [0, 0.05) is 0 Å². The molecular weight excluding hydrogens is 270 g/mol. The summed E-state index contributed by atoms with van der Waals surface area (Å²) in [4.78, 5) is 0. The largest absolute Gasteiger partial charge is 0.495 e. The molecule has 0 saturated carbocycles. The van der Waals surface area contributed by atoms with E-state index in [0.29, 0.717) is 10.8 Å². The number of ether oxygens (including phenoxy) is 1. The molecule has 2 aromatic rings. The Morgan fingerprint density at radius 1 is 1.15 bits per heavy atom. The molecule has 1 unspecified atom stereocenters. The molecule has 0 fully saturated rings. The first-order valence-electron chi connectivity index (χ1n) is 6.79. The number of hydrogen-bond donors (Lipinski definition) is 1. The van der Waals surface area contributed by atoms with Gasteiger partial charge in [0.2, 0.25) is 0 Å². The van der Waals surface area contributed by atoms with Crippen LogP contribution in [0.25, 0.3) is 0 Å². The molecule has 2 nitrogen and oxygen atoms in total. The van der Waals surface area contributed by atoms with Crippen LogP contribution in [0.2, 0.25) is 5.02 Å². The summed E-state index contributed by atoms with van der Waals surface area (Å²) < 4.78 is 5.31. The van der Waals surface area contributed by atoms with Gasteiger partial charge < -0.3 is 10.1 Å². The Balaban J connectivity index is 2.42. The SMILES string of the molecule is CCNC(c1cccc(C)c1)c1ccc(Cl)c(OC)c1. The lowest BCUT2D eigenvalue weighted by atomic mass is 9.97. The molecule has 0 amide bonds. The maximum absolute atomic E-state index is 6.10. The van der Waals surface area contributed by atoms with Crippen LogP contribution in [-0.2, 0) is 0 Å². The molecule has 3 heteroatoms. The lowest BCUT2D eigenvalue weighted by Gasteiger charge is -2.20. The van der Waals surface area contributed by atoms with Crippen molar-refractivity contribution >= 4 is 11.6 Å². The summed E-state index contributed by atoms with van der Waals surface area (Å²) >= 11 is 6.10. The quantitative estimate of drug-likeness (QED) is 0.883. The fourth-order valence-corrected chi connectivity index (χ4v) is 2.53. The molecule has 1 N–H and O–H groups in total. The average molecular weight is 290 g/mol. The molecule has 0 radical (unpaired) electrons. The van der Waals surface area contributed by atoms with Crippen LogP contribution < -0.4 is 10.1 Å². The van der Waals surface area contributed by atoms with Gasteiger partial charge in [-0.2, -0.15) is 0 Å². The van der Waals surface area contributed by atoms with E-state index in [1.807, 2.05) is 18.2 Å². The Bertz CT molecular complexity index is 583. The molecule has 0 aliphatic carbocycles. The first-order chi connectivity index (χ1) is 9.65. The first kappa shape index (κ1) is 14.9. The van der Waals surface area contributed by atoms with E-state index in [9.17, 15) is 0 Å². The second-order valence-electron chi connectivity index (χ2n) is 4.80. The van der Waals surface area contributed by atoms with Gasteiger partial charge in [-0.05, 0) is 36.7 Å². The van der Waals surface area contributed by atoms with E-state index in [-0.39, 0.29) is 6.04 Å². The van der Waals surface area contributed by atoms with Crippen molar-refractivity contribution in [3.05, 3.63) is 64.2 Å². The van der Waals surface area contributed by atoms with Crippen molar-refractivity contribution in [2.75, 3.05) is 13.7 Å². The molecule has 0 aromatic heterocycles. The Labute approximate surface area is 125 Å². The Morgan fingerprint density at radius 2 is 1.90 bits per heavy atom. The number of halogens is 1. The fourth-order valence-electron chi connectivity index (χ4n) is 2.34. The Morgan fingerprint density at radius 3 is 2.55 bits per heavy atom. The smallest absolute Gasteiger partial charge is 0.137 e. The Hall–Kier alpha value is -1.51. The van der Waals surface area contributed by atoms with E-state index in [1.165, 1.54) is 11.1 Å². The molecule has 0 saturated heterocycles. The average Bonchev–Trinajstić information content (AvgIpc) is 2.45. The number of nitrogens with one attached hydrogen (secondary N) is 1. The molecule has 20 heavy (non-hydrogen) atoms. The highest BCUT2D eigenvalue weighted by molar-refractivity contribution is 6.32. The lowest BCUT2D eigenvalue weighted by molar-refractivity contribution is 0.414. The standard InChI is InChI=1S/C17H20ClNO/c1-4-19-17(13-7-5-6-12(2)10-13)14-8-9-15(18)16(11-14)20-3/h5-11,17,19H,4H2,1-3H3. The lowest BCUT2D eigenvalue weighted by Crippen LogP contribution is -2.22. The van der Waals surface area contributed by atoms with E-state index in [4.69, 9.17) is 16.3 Å². The highest BCUT2D eigenvalue weighted by Crippen LogP contribution is 2.30. The summed E-state index contributed by atoms with van der Waals surface area (Å²) in [7, 11) is 1.64. The first-order valence-corrected chi connectivity index (χ1v) is 7.17. The van der Waals surface area contributed by atoms with Crippen LogP contribution in [0.4, 0.5) is 0 Å². The van der Waals surface area contributed by atoms with Crippen molar-refractivity contribution in [2.24, 2.45) is 0 Å². The van der Waals surface area contributed by atoms with Crippen molar-refractivity contribution in [3.63, 3.8) is 0 Å². The number of benzene rings is 2. The van der Waals surface area contributed by atoms with Crippen molar-refractivity contribution in [1.82, 2.24) is 5.32 Å². The number of aryl methyl sites for hydroxylation is 1. The maximum atomic E-state index is 6.10.